The Morgan fingerprint density at radius 2 is 1.90 bits per heavy atom. The minimum absolute atomic E-state index is 0.0813. The number of carbonyl (C=O) groups excluding carboxylic acids is 1. The van der Waals surface area contributed by atoms with E-state index in [2.05, 4.69) is 25.7 Å². The fourth-order valence-corrected chi connectivity index (χ4v) is 4.66. The van der Waals surface area contributed by atoms with Gasteiger partial charge in [-0.1, -0.05) is 28.1 Å². The SMILES string of the molecule is O=C1/C(=C/c2cccc(Br)c2)Oc2c1ccc1c2CN(CCCN2CCOCC2)CO1. The molecule has 0 atom stereocenters. The van der Waals surface area contributed by atoms with Crippen LogP contribution in [0.25, 0.3) is 6.08 Å². The molecule has 3 aliphatic heterocycles. The average molecular weight is 485 g/mol. The Morgan fingerprint density at radius 1 is 1.06 bits per heavy atom. The van der Waals surface area contributed by atoms with Crippen molar-refractivity contribution in [3.63, 3.8) is 0 Å². The van der Waals surface area contributed by atoms with Gasteiger partial charge in [0.1, 0.15) is 18.2 Å². The van der Waals surface area contributed by atoms with E-state index in [1.54, 1.807) is 6.08 Å². The summed E-state index contributed by atoms with van der Waals surface area (Å²) >= 11 is 3.47. The van der Waals surface area contributed by atoms with Crippen LogP contribution in [0.3, 0.4) is 0 Å². The Kier molecular flexibility index (Phi) is 6.09. The highest BCUT2D eigenvalue weighted by atomic mass is 79.9. The van der Waals surface area contributed by atoms with E-state index in [0.717, 1.165) is 73.7 Å². The number of hydrogen-bond donors (Lipinski definition) is 0. The maximum absolute atomic E-state index is 12.9. The van der Waals surface area contributed by atoms with Crippen LogP contribution in [0.5, 0.6) is 11.5 Å². The fraction of sp³-hybridized carbons (Fsp3) is 0.375. The monoisotopic (exact) mass is 484 g/mol. The molecule has 3 heterocycles. The maximum atomic E-state index is 12.9. The average Bonchev–Trinajstić information content (AvgIpc) is 3.10. The molecule has 0 aromatic heterocycles. The third kappa shape index (κ3) is 4.55. The Balaban J connectivity index is 1.29. The second-order valence-electron chi connectivity index (χ2n) is 8.05. The van der Waals surface area contributed by atoms with Crippen LogP contribution in [0.2, 0.25) is 0 Å². The van der Waals surface area contributed by atoms with E-state index in [-0.39, 0.29) is 5.78 Å². The highest BCUT2D eigenvalue weighted by molar-refractivity contribution is 9.10. The van der Waals surface area contributed by atoms with Gasteiger partial charge in [-0.2, -0.15) is 0 Å². The number of ketones is 1. The van der Waals surface area contributed by atoms with Crippen LogP contribution >= 0.6 is 15.9 Å². The zero-order chi connectivity index (χ0) is 21.2. The molecular weight excluding hydrogens is 460 g/mol. The van der Waals surface area contributed by atoms with Gasteiger partial charge >= 0.3 is 0 Å². The highest BCUT2D eigenvalue weighted by Crippen LogP contribution is 2.42. The van der Waals surface area contributed by atoms with Crippen molar-refractivity contribution >= 4 is 27.8 Å². The van der Waals surface area contributed by atoms with Gasteiger partial charge in [-0.25, -0.2) is 0 Å². The molecule has 7 heteroatoms. The number of rotatable bonds is 5. The van der Waals surface area contributed by atoms with E-state index in [4.69, 9.17) is 14.2 Å². The summed E-state index contributed by atoms with van der Waals surface area (Å²) in [5, 5.41) is 0. The summed E-state index contributed by atoms with van der Waals surface area (Å²) in [6, 6.07) is 11.5. The van der Waals surface area contributed by atoms with Crippen LogP contribution in [0.15, 0.2) is 46.6 Å². The molecule has 162 valence electrons. The third-order valence-corrected chi connectivity index (χ3v) is 6.37. The summed E-state index contributed by atoms with van der Waals surface area (Å²) in [5.74, 6) is 1.72. The van der Waals surface area contributed by atoms with Gasteiger partial charge in [-0.3, -0.25) is 14.6 Å². The number of fused-ring (bicyclic) bond motifs is 3. The molecule has 0 N–H and O–H groups in total. The Morgan fingerprint density at radius 3 is 2.74 bits per heavy atom. The Hall–Kier alpha value is -2.19. The Bertz CT molecular complexity index is 1020. The van der Waals surface area contributed by atoms with Crippen molar-refractivity contribution in [2.24, 2.45) is 0 Å². The molecule has 1 saturated heterocycles. The standard InChI is InChI=1S/C24H25BrN2O4/c25-18-4-1-3-17(13-18)14-22-23(28)19-5-6-21-20(24(19)31-22)15-27(16-30-21)8-2-7-26-9-11-29-12-10-26/h1,3-6,13-14H,2,7-12,15-16H2/b22-14-. The summed E-state index contributed by atoms with van der Waals surface area (Å²) in [6.07, 6.45) is 2.87. The van der Waals surface area contributed by atoms with Crippen LogP contribution < -0.4 is 9.47 Å². The molecule has 0 radical (unpaired) electrons. The van der Waals surface area contributed by atoms with Crippen LogP contribution in [-0.2, 0) is 11.3 Å². The first kappa shape index (κ1) is 20.7. The van der Waals surface area contributed by atoms with Crippen molar-refractivity contribution in [3.05, 3.63) is 63.3 Å². The van der Waals surface area contributed by atoms with E-state index in [9.17, 15) is 4.79 Å². The smallest absolute Gasteiger partial charge is 0.231 e. The molecule has 0 unspecified atom stereocenters. The second-order valence-corrected chi connectivity index (χ2v) is 8.96. The second kappa shape index (κ2) is 9.12. The minimum Gasteiger partial charge on any atom is -0.478 e. The van der Waals surface area contributed by atoms with Gasteiger partial charge in [-0.05, 0) is 48.9 Å². The molecule has 31 heavy (non-hydrogen) atoms. The highest BCUT2D eigenvalue weighted by Gasteiger charge is 2.33. The molecule has 0 aliphatic carbocycles. The van der Waals surface area contributed by atoms with Crippen molar-refractivity contribution in [1.29, 1.82) is 0 Å². The molecule has 2 aromatic rings. The molecule has 6 nitrogen and oxygen atoms in total. The van der Waals surface area contributed by atoms with Gasteiger partial charge < -0.3 is 14.2 Å². The molecule has 5 rings (SSSR count). The number of hydrogen-bond acceptors (Lipinski definition) is 6. The molecule has 2 aromatic carbocycles. The number of nitrogens with zero attached hydrogens (tertiary/aromatic N) is 2. The lowest BCUT2D eigenvalue weighted by Gasteiger charge is -2.31. The molecule has 0 spiro atoms. The molecule has 1 fully saturated rings. The van der Waals surface area contributed by atoms with Crippen molar-refractivity contribution in [1.82, 2.24) is 9.80 Å². The van der Waals surface area contributed by atoms with Crippen molar-refractivity contribution in [2.75, 3.05) is 46.1 Å². The van der Waals surface area contributed by atoms with Gasteiger partial charge in [0.25, 0.3) is 0 Å². The lowest BCUT2D eigenvalue weighted by atomic mass is 10.0. The number of benzene rings is 2. The first-order valence-corrected chi connectivity index (χ1v) is 11.5. The summed E-state index contributed by atoms with van der Waals surface area (Å²) < 4.78 is 18.4. The van der Waals surface area contributed by atoms with Crippen molar-refractivity contribution < 1.29 is 19.0 Å². The van der Waals surface area contributed by atoms with Gasteiger partial charge in [0.05, 0.1) is 24.3 Å². The predicted octanol–water partition coefficient (Wildman–Crippen LogP) is 3.94. The molecule has 0 amide bonds. The largest absolute Gasteiger partial charge is 0.478 e. The van der Waals surface area contributed by atoms with E-state index in [0.29, 0.717) is 23.8 Å². The van der Waals surface area contributed by atoms with Crippen LogP contribution in [-0.4, -0.2) is 61.7 Å². The normalized spacial score (nSPS) is 20.3. The summed E-state index contributed by atoms with van der Waals surface area (Å²) in [5.41, 5.74) is 2.49. The number of morpholine rings is 1. The number of ether oxygens (including phenoxy) is 3. The van der Waals surface area contributed by atoms with E-state index >= 15 is 0 Å². The molecular formula is C24H25BrN2O4. The molecule has 0 bridgehead atoms. The van der Waals surface area contributed by atoms with Crippen molar-refractivity contribution in [3.8, 4) is 11.5 Å². The van der Waals surface area contributed by atoms with Gasteiger partial charge in [0.2, 0.25) is 5.78 Å². The first-order chi connectivity index (χ1) is 15.2. The molecule has 0 saturated carbocycles. The van der Waals surface area contributed by atoms with Crippen molar-refractivity contribution in [2.45, 2.75) is 13.0 Å². The topological polar surface area (TPSA) is 51.2 Å². The van der Waals surface area contributed by atoms with E-state index in [1.807, 2.05) is 36.4 Å². The van der Waals surface area contributed by atoms with E-state index in [1.165, 1.54) is 0 Å². The van der Waals surface area contributed by atoms with E-state index < -0.39 is 0 Å². The van der Waals surface area contributed by atoms with Gasteiger partial charge in [0.15, 0.2) is 5.76 Å². The molecule has 3 aliphatic rings. The van der Waals surface area contributed by atoms with Crippen LogP contribution in [0.4, 0.5) is 0 Å². The predicted molar refractivity (Wildman–Crippen MR) is 121 cm³/mol. The fourth-order valence-electron chi connectivity index (χ4n) is 4.24. The summed E-state index contributed by atoms with van der Waals surface area (Å²) in [4.78, 5) is 17.6. The summed E-state index contributed by atoms with van der Waals surface area (Å²) in [7, 11) is 0. The van der Waals surface area contributed by atoms with Gasteiger partial charge in [-0.15, -0.1) is 0 Å². The zero-order valence-corrected chi connectivity index (χ0v) is 18.9. The third-order valence-electron chi connectivity index (χ3n) is 5.88. The van der Waals surface area contributed by atoms with Crippen LogP contribution in [0.1, 0.15) is 27.9 Å². The maximum Gasteiger partial charge on any atom is 0.231 e. The first-order valence-electron chi connectivity index (χ1n) is 10.7. The lowest BCUT2D eigenvalue weighted by Crippen LogP contribution is -2.39. The minimum atomic E-state index is -0.0813. The number of halogens is 1. The summed E-state index contributed by atoms with van der Waals surface area (Å²) in [6.45, 7) is 6.96. The number of Topliss-reactive ketones (excluding diaryl/α,β-unsaturated/α-hetero) is 1. The quantitative estimate of drug-likeness (QED) is 0.599. The number of carbonyl (C=O) groups is 1. The lowest BCUT2D eigenvalue weighted by molar-refractivity contribution is 0.0329. The zero-order valence-electron chi connectivity index (χ0n) is 17.3. The Labute approximate surface area is 190 Å². The number of allylic oxidation sites excluding steroid dienone is 1. The van der Waals surface area contributed by atoms with Crippen LogP contribution in [0, 0.1) is 0 Å². The van der Waals surface area contributed by atoms with Gasteiger partial charge in [0, 0.05) is 30.7 Å².